The molecule has 0 radical (unpaired) electrons. The third kappa shape index (κ3) is 4.30. The lowest BCUT2D eigenvalue weighted by Gasteiger charge is -2.06. The first-order chi connectivity index (χ1) is 12.5. The van der Waals surface area contributed by atoms with Gasteiger partial charge in [0.2, 0.25) is 11.8 Å². The van der Waals surface area contributed by atoms with Crippen LogP contribution < -0.4 is 5.32 Å². The van der Waals surface area contributed by atoms with E-state index in [2.05, 4.69) is 10.3 Å². The van der Waals surface area contributed by atoms with Gasteiger partial charge in [-0.3, -0.25) is 4.79 Å². The summed E-state index contributed by atoms with van der Waals surface area (Å²) >= 11 is 0. The van der Waals surface area contributed by atoms with Gasteiger partial charge in [-0.05, 0) is 44.0 Å². The second-order valence-corrected chi connectivity index (χ2v) is 6.30. The summed E-state index contributed by atoms with van der Waals surface area (Å²) in [5, 5.41) is 12.6. The Morgan fingerprint density at radius 3 is 2.73 bits per heavy atom. The van der Waals surface area contributed by atoms with Crippen LogP contribution in [0.15, 0.2) is 52.9 Å². The van der Waals surface area contributed by atoms with Gasteiger partial charge in [-0.15, -0.1) is 0 Å². The molecule has 0 bridgehead atoms. The van der Waals surface area contributed by atoms with Crippen LogP contribution in [0.5, 0.6) is 5.75 Å². The van der Waals surface area contributed by atoms with E-state index in [9.17, 15) is 9.90 Å². The molecule has 3 rings (SSSR count). The molecule has 0 saturated carbocycles. The molecule has 1 heterocycles. The van der Waals surface area contributed by atoms with Crippen LogP contribution in [-0.4, -0.2) is 22.5 Å². The fourth-order valence-corrected chi connectivity index (χ4v) is 2.77. The molecule has 1 aromatic heterocycles. The van der Waals surface area contributed by atoms with Gasteiger partial charge in [0.15, 0.2) is 0 Å². The highest BCUT2D eigenvalue weighted by atomic mass is 16.4. The Morgan fingerprint density at radius 1 is 1.15 bits per heavy atom. The predicted molar refractivity (Wildman–Crippen MR) is 99.9 cm³/mol. The van der Waals surface area contributed by atoms with Crippen molar-refractivity contribution >= 4 is 5.91 Å². The Bertz CT molecular complexity index is 915. The largest absolute Gasteiger partial charge is 0.508 e. The maximum atomic E-state index is 12.2. The third-order valence-electron chi connectivity index (χ3n) is 4.19. The van der Waals surface area contributed by atoms with Gasteiger partial charge in [0.1, 0.15) is 11.5 Å². The molecule has 0 saturated heterocycles. The topological polar surface area (TPSA) is 75.4 Å². The second-order valence-electron chi connectivity index (χ2n) is 6.30. The summed E-state index contributed by atoms with van der Waals surface area (Å²) in [7, 11) is 0. The highest BCUT2D eigenvalue weighted by Gasteiger charge is 2.14. The van der Waals surface area contributed by atoms with Crippen LogP contribution in [0.1, 0.15) is 22.6 Å². The number of phenols is 1. The summed E-state index contributed by atoms with van der Waals surface area (Å²) in [6.07, 6.45) is 0.743. The summed E-state index contributed by atoms with van der Waals surface area (Å²) in [4.78, 5) is 16.7. The molecule has 0 spiro atoms. The van der Waals surface area contributed by atoms with Crippen LogP contribution in [0, 0.1) is 13.8 Å². The SMILES string of the molecule is Cc1cccc(-c2nc(CC(=O)NCCc3ccccc3O)c(C)o2)c1. The van der Waals surface area contributed by atoms with Crippen LogP contribution in [0.2, 0.25) is 0 Å². The first-order valence-electron chi connectivity index (χ1n) is 8.60. The van der Waals surface area contributed by atoms with Gasteiger partial charge < -0.3 is 14.8 Å². The van der Waals surface area contributed by atoms with Crippen molar-refractivity contribution in [2.75, 3.05) is 6.54 Å². The molecule has 0 aliphatic rings. The normalized spacial score (nSPS) is 10.7. The number of nitrogens with one attached hydrogen (secondary N) is 1. The molecule has 0 aliphatic carbocycles. The van der Waals surface area contributed by atoms with Crippen LogP contribution in [-0.2, 0) is 17.6 Å². The molecule has 0 atom stereocenters. The average Bonchev–Trinajstić information content (AvgIpc) is 2.97. The minimum atomic E-state index is -0.118. The Kier molecular flexibility index (Phi) is 5.37. The number of aromatic nitrogens is 1. The van der Waals surface area contributed by atoms with Gasteiger partial charge in [0.25, 0.3) is 0 Å². The fraction of sp³-hybridized carbons (Fsp3) is 0.238. The van der Waals surface area contributed by atoms with Crippen LogP contribution >= 0.6 is 0 Å². The number of rotatable bonds is 6. The summed E-state index contributed by atoms with van der Waals surface area (Å²) in [6, 6.07) is 15.0. The number of oxazole rings is 1. The smallest absolute Gasteiger partial charge is 0.226 e. The van der Waals surface area contributed by atoms with Gasteiger partial charge in [-0.1, -0.05) is 35.9 Å². The lowest BCUT2D eigenvalue weighted by molar-refractivity contribution is -0.120. The Balaban J connectivity index is 1.58. The number of nitrogens with zero attached hydrogens (tertiary/aromatic N) is 1. The summed E-state index contributed by atoms with van der Waals surface area (Å²) in [5.74, 6) is 1.31. The first kappa shape index (κ1) is 17.7. The standard InChI is InChI=1S/C21H22N2O3/c1-14-6-5-8-17(12-14)21-23-18(15(2)26-21)13-20(25)22-11-10-16-7-3-4-9-19(16)24/h3-9,12,24H,10-11,13H2,1-2H3,(H,22,25). The van der Waals surface area contributed by atoms with Gasteiger partial charge in [0, 0.05) is 12.1 Å². The average molecular weight is 350 g/mol. The van der Waals surface area contributed by atoms with Crippen molar-refractivity contribution in [2.24, 2.45) is 0 Å². The zero-order valence-electron chi connectivity index (χ0n) is 15.0. The predicted octanol–water partition coefficient (Wildman–Crippen LogP) is 3.57. The number of amides is 1. The van der Waals surface area contributed by atoms with Gasteiger partial charge in [-0.25, -0.2) is 4.98 Å². The molecule has 1 amide bonds. The van der Waals surface area contributed by atoms with Crippen molar-refractivity contribution in [1.82, 2.24) is 10.3 Å². The Labute approximate surface area is 152 Å². The summed E-state index contributed by atoms with van der Waals surface area (Å²) in [6.45, 7) is 4.28. The van der Waals surface area contributed by atoms with Crippen LogP contribution in [0.25, 0.3) is 11.5 Å². The van der Waals surface area contributed by atoms with Crippen molar-refractivity contribution in [1.29, 1.82) is 0 Å². The monoisotopic (exact) mass is 350 g/mol. The molecule has 0 fully saturated rings. The minimum absolute atomic E-state index is 0.118. The molecule has 2 aromatic carbocycles. The number of aryl methyl sites for hydroxylation is 2. The highest BCUT2D eigenvalue weighted by molar-refractivity contribution is 5.78. The maximum Gasteiger partial charge on any atom is 0.226 e. The van der Waals surface area contributed by atoms with Gasteiger partial charge in [0.05, 0.1) is 12.1 Å². The van der Waals surface area contributed by atoms with Crippen molar-refractivity contribution < 1.29 is 14.3 Å². The zero-order valence-corrected chi connectivity index (χ0v) is 15.0. The number of para-hydroxylation sites is 1. The zero-order chi connectivity index (χ0) is 18.5. The number of aromatic hydroxyl groups is 1. The van der Waals surface area contributed by atoms with Crippen molar-refractivity contribution in [3.8, 4) is 17.2 Å². The lowest BCUT2D eigenvalue weighted by Crippen LogP contribution is -2.27. The number of benzene rings is 2. The van der Waals surface area contributed by atoms with Crippen LogP contribution in [0.3, 0.4) is 0 Å². The number of carbonyl (C=O) groups is 1. The van der Waals surface area contributed by atoms with Crippen molar-refractivity contribution in [3.05, 3.63) is 71.1 Å². The van der Waals surface area contributed by atoms with Gasteiger partial charge in [-0.2, -0.15) is 0 Å². The molecule has 2 N–H and O–H groups in total. The van der Waals surface area contributed by atoms with E-state index < -0.39 is 0 Å². The van der Waals surface area contributed by atoms with E-state index in [0.29, 0.717) is 30.3 Å². The van der Waals surface area contributed by atoms with E-state index in [1.807, 2.05) is 50.2 Å². The number of hydrogen-bond donors (Lipinski definition) is 2. The molecule has 26 heavy (non-hydrogen) atoms. The highest BCUT2D eigenvalue weighted by Crippen LogP contribution is 2.22. The molecule has 0 aliphatic heterocycles. The molecule has 5 nitrogen and oxygen atoms in total. The molecule has 134 valence electrons. The van der Waals surface area contributed by atoms with E-state index in [1.54, 1.807) is 12.1 Å². The molecular weight excluding hydrogens is 328 g/mol. The van der Waals surface area contributed by atoms with E-state index in [1.165, 1.54) is 0 Å². The first-order valence-corrected chi connectivity index (χ1v) is 8.60. The number of carbonyl (C=O) groups excluding carboxylic acids is 1. The minimum Gasteiger partial charge on any atom is -0.508 e. The molecule has 0 unspecified atom stereocenters. The quantitative estimate of drug-likeness (QED) is 0.713. The molecule has 5 heteroatoms. The van der Waals surface area contributed by atoms with Gasteiger partial charge >= 0.3 is 0 Å². The Morgan fingerprint density at radius 2 is 1.96 bits per heavy atom. The van der Waals surface area contributed by atoms with Crippen molar-refractivity contribution in [3.63, 3.8) is 0 Å². The fourth-order valence-electron chi connectivity index (χ4n) is 2.77. The third-order valence-corrected chi connectivity index (χ3v) is 4.19. The lowest BCUT2D eigenvalue weighted by atomic mass is 10.1. The van der Waals surface area contributed by atoms with Crippen LogP contribution in [0.4, 0.5) is 0 Å². The number of phenolic OH excluding ortho intramolecular Hbond substituents is 1. The number of hydrogen-bond acceptors (Lipinski definition) is 4. The van der Waals surface area contributed by atoms with E-state index >= 15 is 0 Å². The van der Waals surface area contributed by atoms with E-state index in [4.69, 9.17) is 4.42 Å². The maximum absolute atomic E-state index is 12.2. The van der Waals surface area contributed by atoms with E-state index in [-0.39, 0.29) is 18.1 Å². The Hall–Kier alpha value is -3.08. The second kappa shape index (κ2) is 7.87. The van der Waals surface area contributed by atoms with Crippen molar-refractivity contribution in [2.45, 2.75) is 26.7 Å². The van der Waals surface area contributed by atoms with E-state index in [0.717, 1.165) is 16.7 Å². The molecular formula is C21H22N2O3. The summed E-state index contributed by atoms with van der Waals surface area (Å²) < 4.78 is 5.72. The molecule has 3 aromatic rings. The summed E-state index contributed by atoms with van der Waals surface area (Å²) in [5.41, 5.74) is 3.48.